The molecule has 5 heteroatoms. The molecular formula is C25H21N3OS. The molecule has 0 saturated heterocycles. The quantitative estimate of drug-likeness (QED) is 0.372. The van der Waals surface area contributed by atoms with E-state index in [0.29, 0.717) is 0 Å². The zero-order chi connectivity index (χ0) is 20.8. The third-order valence-corrected chi connectivity index (χ3v) is 4.89. The molecule has 4 aromatic carbocycles. The van der Waals surface area contributed by atoms with Crippen LogP contribution in [0.15, 0.2) is 97.1 Å². The van der Waals surface area contributed by atoms with Crippen molar-refractivity contribution in [2.24, 2.45) is 0 Å². The van der Waals surface area contributed by atoms with Crippen LogP contribution in [0, 0.1) is 0 Å². The van der Waals surface area contributed by atoms with E-state index in [9.17, 15) is 4.79 Å². The first kappa shape index (κ1) is 19.6. The molecule has 0 aliphatic rings. The molecule has 0 radical (unpaired) electrons. The molecule has 148 valence electrons. The maximum atomic E-state index is 12.5. The minimum absolute atomic E-state index is 0.147. The van der Waals surface area contributed by atoms with Crippen LogP contribution in [0.3, 0.4) is 0 Å². The molecule has 4 nitrogen and oxygen atoms in total. The van der Waals surface area contributed by atoms with E-state index in [2.05, 4.69) is 16.0 Å². The molecule has 0 aromatic heterocycles. The number of amides is 1. The van der Waals surface area contributed by atoms with Crippen LogP contribution in [0.5, 0.6) is 0 Å². The molecule has 0 heterocycles. The minimum atomic E-state index is -0.147. The summed E-state index contributed by atoms with van der Waals surface area (Å²) in [4.78, 5) is 12.5. The Labute approximate surface area is 180 Å². The summed E-state index contributed by atoms with van der Waals surface area (Å²) in [5, 5.41) is 11.6. The zero-order valence-electron chi connectivity index (χ0n) is 16.3. The molecule has 0 saturated carbocycles. The molecule has 1 amide bonds. The highest BCUT2D eigenvalue weighted by Crippen LogP contribution is 2.20. The maximum absolute atomic E-state index is 12.5. The van der Waals surface area contributed by atoms with E-state index in [4.69, 9.17) is 12.2 Å². The van der Waals surface area contributed by atoms with Crippen LogP contribution in [0.4, 0.5) is 17.1 Å². The van der Waals surface area contributed by atoms with Gasteiger partial charge in [-0.05, 0) is 65.0 Å². The molecule has 0 spiro atoms. The number of anilines is 3. The molecule has 0 fully saturated rings. The van der Waals surface area contributed by atoms with Gasteiger partial charge in [0.2, 0.25) is 5.91 Å². The predicted octanol–water partition coefficient (Wildman–Crippen LogP) is 5.64. The molecule has 30 heavy (non-hydrogen) atoms. The molecule has 4 rings (SSSR count). The van der Waals surface area contributed by atoms with Crippen LogP contribution in [0.25, 0.3) is 10.8 Å². The van der Waals surface area contributed by atoms with Crippen molar-refractivity contribution in [3.05, 3.63) is 103 Å². The van der Waals surface area contributed by atoms with Crippen LogP contribution in [0.2, 0.25) is 0 Å². The first-order valence-electron chi connectivity index (χ1n) is 9.67. The van der Waals surface area contributed by atoms with Gasteiger partial charge < -0.3 is 16.0 Å². The Balaban J connectivity index is 1.33. The summed E-state index contributed by atoms with van der Waals surface area (Å²) in [6, 6.07) is 31.7. The third-order valence-electron chi connectivity index (χ3n) is 4.69. The van der Waals surface area contributed by atoms with Crippen molar-refractivity contribution < 1.29 is 4.79 Å². The Morgan fingerprint density at radius 3 is 2.13 bits per heavy atom. The summed E-state index contributed by atoms with van der Waals surface area (Å²) in [5.41, 5.74) is 3.78. The summed E-state index contributed by atoms with van der Waals surface area (Å²) in [7, 11) is 0. The second kappa shape index (κ2) is 9.20. The SMILES string of the molecule is O=C(Cc1cccc2ccccc12)NC(=S)Nc1ccc(Nc2ccccc2)cc1. The predicted molar refractivity (Wildman–Crippen MR) is 128 cm³/mol. The Morgan fingerprint density at radius 1 is 0.700 bits per heavy atom. The number of rotatable bonds is 5. The highest BCUT2D eigenvalue weighted by Gasteiger charge is 2.09. The Bertz CT molecular complexity index is 1170. The summed E-state index contributed by atoms with van der Waals surface area (Å²) in [6.07, 6.45) is 0.267. The molecule has 0 aliphatic heterocycles. The smallest absolute Gasteiger partial charge is 0.230 e. The van der Waals surface area contributed by atoms with Gasteiger partial charge in [-0.3, -0.25) is 4.79 Å². The lowest BCUT2D eigenvalue weighted by Crippen LogP contribution is -2.35. The van der Waals surface area contributed by atoms with Crippen molar-refractivity contribution in [2.75, 3.05) is 10.6 Å². The van der Waals surface area contributed by atoms with E-state index in [-0.39, 0.29) is 17.4 Å². The van der Waals surface area contributed by atoms with Gasteiger partial charge in [-0.1, -0.05) is 60.7 Å². The molecular weight excluding hydrogens is 390 g/mol. The Hall–Kier alpha value is -3.70. The molecule has 3 N–H and O–H groups in total. The van der Waals surface area contributed by atoms with Gasteiger partial charge in [0.25, 0.3) is 0 Å². The molecule has 0 unspecified atom stereocenters. The summed E-state index contributed by atoms with van der Waals surface area (Å²) >= 11 is 5.30. The average Bonchev–Trinajstić information content (AvgIpc) is 2.76. The van der Waals surface area contributed by atoms with Gasteiger partial charge in [0.15, 0.2) is 5.11 Å². The standard InChI is InChI=1S/C25H21N3OS/c29-24(17-19-9-6-8-18-7-4-5-12-23(18)19)28-25(30)27-22-15-13-21(14-16-22)26-20-10-2-1-3-11-20/h1-16,26H,17H2,(H2,27,28,29,30). The zero-order valence-corrected chi connectivity index (χ0v) is 17.1. The number of hydrogen-bond donors (Lipinski definition) is 3. The van der Waals surface area contributed by atoms with Crippen molar-refractivity contribution in [1.82, 2.24) is 5.32 Å². The van der Waals surface area contributed by atoms with Crippen molar-refractivity contribution in [3.8, 4) is 0 Å². The van der Waals surface area contributed by atoms with Gasteiger partial charge in [0.1, 0.15) is 0 Å². The van der Waals surface area contributed by atoms with E-state index in [1.165, 1.54) is 0 Å². The average molecular weight is 412 g/mol. The fourth-order valence-electron chi connectivity index (χ4n) is 3.28. The van der Waals surface area contributed by atoms with Gasteiger partial charge in [-0.2, -0.15) is 0 Å². The topological polar surface area (TPSA) is 53.2 Å². The van der Waals surface area contributed by atoms with Crippen molar-refractivity contribution in [3.63, 3.8) is 0 Å². The second-order valence-electron chi connectivity index (χ2n) is 6.89. The normalized spacial score (nSPS) is 10.4. The van der Waals surface area contributed by atoms with Crippen LogP contribution >= 0.6 is 12.2 Å². The number of para-hydroxylation sites is 1. The van der Waals surface area contributed by atoms with Crippen LogP contribution in [-0.4, -0.2) is 11.0 Å². The van der Waals surface area contributed by atoms with Crippen LogP contribution in [0.1, 0.15) is 5.56 Å². The molecule has 0 bridgehead atoms. The number of hydrogen-bond acceptors (Lipinski definition) is 3. The Kier molecular flexibility index (Phi) is 6.01. The van der Waals surface area contributed by atoms with Crippen LogP contribution < -0.4 is 16.0 Å². The minimum Gasteiger partial charge on any atom is -0.356 e. The van der Waals surface area contributed by atoms with E-state index >= 15 is 0 Å². The number of carbonyl (C=O) groups excluding carboxylic acids is 1. The highest BCUT2D eigenvalue weighted by molar-refractivity contribution is 7.80. The van der Waals surface area contributed by atoms with Crippen molar-refractivity contribution in [1.29, 1.82) is 0 Å². The lowest BCUT2D eigenvalue weighted by atomic mass is 10.0. The number of fused-ring (bicyclic) bond motifs is 1. The Morgan fingerprint density at radius 2 is 1.33 bits per heavy atom. The van der Waals surface area contributed by atoms with Crippen molar-refractivity contribution in [2.45, 2.75) is 6.42 Å². The number of benzene rings is 4. The van der Waals surface area contributed by atoms with Crippen molar-refractivity contribution >= 4 is 51.1 Å². The van der Waals surface area contributed by atoms with Gasteiger partial charge in [0.05, 0.1) is 6.42 Å². The number of nitrogens with one attached hydrogen (secondary N) is 3. The highest BCUT2D eigenvalue weighted by atomic mass is 32.1. The lowest BCUT2D eigenvalue weighted by molar-refractivity contribution is -0.119. The van der Waals surface area contributed by atoms with Gasteiger partial charge in [-0.25, -0.2) is 0 Å². The third kappa shape index (κ3) is 5.01. The lowest BCUT2D eigenvalue weighted by Gasteiger charge is -2.12. The molecule has 4 aromatic rings. The van der Waals surface area contributed by atoms with E-state index in [1.807, 2.05) is 97.1 Å². The van der Waals surface area contributed by atoms with Gasteiger partial charge in [-0.15, -0.1) is 0 Å². The number of carbonyl (C=O) groups is 1. The largest absolute Gasteiger partial charge is 0.356 e. The number of thiocarbonyl (C=S) groups is 1. The first-order chi connectivity index (χ1) is 14.7. The second-order valence-corrected chi connectivity index (χ2v) is 7.29. The fourth-order valence-corrected chi connectivity index (χ4v) is 3.51. The van der Waals surface area contributed by atoms with E-state index in [1.54, 1.807) is 0 Å². The van der Waals surface area contributed by atoms with Gasteiger partial charge in [0, 0.05) is 17.1 Å². The maximum Gasteiger partial charge on any atom is 0.230 e. The summed E-state index contributed by atoms with van der Waals surface area (Å²) < 4.78 is 0. The first-order valence-corrected chi connectivity index (χ1v) is 10.1. The summed E-state index contributed by atoms with van der Waals surface area (Å²) in [5.74, 6) is -0.147. The molecule has 0 aliphatic carbocycles. The van der Waals surface area contributed by atoms with E-state index in [0.717, 1.165) is 33.4 Å². The van der Waals surface area contributed by atoms with Crippen LogP contribution in [-0.2, 0) is 11.2 Å². The van der Waals surface area contributed by atoms with E-state index < -0.39 is 0 Å². The van der Waals surface area contributed by atoms with Gasteiger partial charge >= 0.3 is 0 Å². The fraction of sp³-hybridized carbons (Fsp3) is 0.0400. The summed E-state index contributed by atoms with van der Waals surface area (Å²) in [6.45, 7) is 0. The monoisotopic (exact) mass is 411 g/mol. The molecule has 0 atom stereocenters.